The van der Waals surface area contributed by atoms with E-state index < -0.39 is 11.9 Å². The summed E-state index contributed by atoms with van der Waals surface area (Å²) in [5.41, 5.74) is 1.33. The van der Waals surface area contributed by atoms with Crippen LogP contribution in [0.4, 0.5) is 0 Å². The standard InChI is InChI=1S/C39H54O10/c1-30(2)38(42)48-26-16-10-8-6-5-7-9-11-17-27-49-39(43)33-29-32(20-21-34(33)40)46-24-14-12-13-15-25-47-35-22-18-31(28-36(35)44-3)19-23-37(41)45-4/h18-23,28-29,40H,1,5-17,24-27H2,2-4H3/b23-19+. The number of rotatable bonds is 26. The molecule has 2 aromatic carbocycles. The van der Waals surface area contributed by atoms with Crippen molar-refractivity contribution in [2.75, 3.05) is 40.6 Å². The fraction of sp³-hybridized carbons (Fsp3) is 0.513. The lowest BCUT2D eigenvalue weighted by Crippen LogP contribution is -2.07. The van der Waals surface area contributed by atoms with Crippen LogP contribution < -0.4 is 14.2 Å². The summed E-state index contributed by atoms with van der Waals surface area (Å²) in [4.78, 5) is 35.2. The summed E-state index contributed by atoms with van der Waals surface area (Å²) in [6, 6.07) is 10.1. The summed E-state index contributed by atoms with van der Waals surface area (Å²) in [6.07, 6.45) is 15.9. The number of hydrogen-bond donors (Lipinski definition) is 1. The molecule has 0 atom stereocenters. The van der Waals surface area contributed by atoms with Crippen molar-refractivity contribution in [3.8, 4) is 23.0 Å². The zero-order valence-corrected chi connectivity index (χ0v) is 29.5. The van der Waals surface area contributed by atoms with Crippen molar-refractivity contribution in [1.29, 1.82) is 0 Å². The van der Waals surface area contributed by atoms with Crippen molar-refractivity contribution >= 4 is 24.0 Å². The fourth-order valence-corrected chi connectivity index (χ4v) is 4.81. The van der Waals surface area contributed by atoms with Crippen LogP contribution in [0.25, 0.3) is 6.08 Å². The highest BCUT2D eigenvalue weighted by molar-refractivity contribution is 5.93. The van der Waals surface area contributed by atoms with Gasteiger partial charge >= 0.3 is 17.9 Å². The van der Waals surface area contributed by atoms with Gasteiger partial charge in [0.25, 0.3) is 0 Å². The maximum Gasteiger partial charge on any atom is 0.342 e. The summed E-state index contributed by atoms with van der Waals surface area (Å²) in [7, 11) is 2.90. The maximum absolute atomic E-state index is 12.6. The molecule has 10 nitrogen and oxygen atoms in total. The maximum atomic E-state index is 12.6. The largest absolute Gasteiger partial charge is 0.507 e. The van der Waals surface area contributed by atoms with Gasteiger partial charge in [0, 0.05) is 11.6 Å². The van der Waals surface area contributed by atoms with Crippen LogP contribution in [0.15, 0.2) is 54.6 Å². The molecule has 0 aliphatic heterocycles. The molecule has 0 aliphatic carbocycles. The highest BCUT2D eigenvalue weighted by Crippen LogP contribution is 2.29. The summed E-state index contributed by atoms with van der Waals surface area (Å²) in [6.45, 7) is 7.00. The smallest absolute Gasteiger partial charge is 0.342 e. The number of hydrogen-bond acceptors (Lipinski definition) is 10. The van der Waals surface area contributed by atoms with Crippen molar-refractivity contribution in [1.82, 2.24) is 0 Å². The Morgan fingerprint density at radius 2 is 1.27 bits per heavy atom. The van der Waals surface area contributed by atoms with E-state index in [9.17, 15) is 19.5 Å². The molecule has 2 aromatic rings. The third-order valence-electron chi connectivity index (χ3n) is 7.66. The highest BCUT2D eigenvalue weighted by Gasteiger charge is 2.14. The van der Waals surface area contributed by atoms with E-state index in [2.05, 4.69) is 11.3 Å². The van der Waals surface area contributed by atoms with Crippen LogP contribution in [0, 0.1) is 0 Å². The van der Waals surface area contributed by atoms with Crippen LogP contribution in [0.5, 0.6) is 23.0 Å². The summed E-state index contributed by atoms with van der Waals surface area (Å²) >= 11 is 0. The second kappa shape index (κ2) is 24.6. The van der Waals surface area contributed by atoms with Crippen LogP contribution >= 0.6 is 0 Å². The van der Waals surface area contributed by atoms with Crippen molar-refractivity contribution in [2.24, 2.45) is 0 Å². The van der Waals surface area contributed by atoms with Gasteiger partial charge in [-0.2, -0.15) is 0 Å². The molecule has 49 heavy (non-hydrogen) atoms. The average molecular weight is 683 g/mol. The molecule has 0 radical (unpaired) electrons. The lowest BCUT2D eigenvalue weighted by Gasteiger charge is -2.12. The molecule has 0 saturated heterocycles. The average Bonchev–Trinajstić information content (AvgIpc) is 3.10. The SMILES string of the molecule is C=C(C)C(=O)OCCCCCCCCCCCOC(=O)c1cc(OCCCCCCOc2ccc(/C=C/C(=O)OC)cc2OC)ccc1O. The van der Waals surface area contributed by atoms with Gasteiger partial charge in [-0.05, 0) is 87.4 Å². The number of esters is 3. The molecule has 2 rings (SSSR count). The number of phenols is 1. The molecular formula is C39H54O10. The van der Waals surface area contributed by atoms with Gasteiger partial charge in [0.1, 0.15) is 17.1 Å². The first-order valence-electron chi connectivity index (χ1n) is 17.3. The van der Waals surface area contributed by atoms with Crippen LogP contribution in [-0.4, -0.2) is 63.7 Å². The van der Waals surface area contributed by atoms with Gasteiger partial charge < -0.3 is 33.5 Å². The molecule has 270 valence electrons. The number of carbonyl (C=O) groups is 3. The molecule has 10 heteroatoms. The van der Waals surface area contributed by atoms with Crippen molar-refractivity contribution in [2.45, 2.75) is 90.4 Å². The quantitative estimate of drug-likeness (QED) is 0.0447. The Morgan fingerprint density at radius 3 is 1.86 bits per heavy atom. The third-order valence-corrected chi connectivity index (χ3v) is 7.66. The number of methoxy groups -OCH3 is 2. The minimum atomic E-state index is -0.555. The zero-order chi connectivity index (χ0) is 35.7. The van der Waals surface area contributed by atoms with Gasteiger partial charge in [-0.1, -0.05) is 57.6 Å². The van der Waals surface area contributed by atoms with E-state index in [0.717, 1.165) is 89.0 Å². The number of carbonyl (C=O) groups excluding carboxylic acids is 3. The molecule has 0 aromatic heterocycles. The number of benzene rings is 2. The van der Waals surface area contributed by atoms with Crippen LogP contribution in [0.2, 0.25) is 0 Å². The first-order chi connectivity index (χ1) is 23.7. The van der Waals surface area contributed by atoms with Crippen LogP contribution in [-0.2, 0) is 23.8 Å². The van der Waals surface area contributed by atoms with Crippen LogP contribution in [0.3, 0.4) is 0 Å². The number of ether oxygens (including phenoxy) is 6. The molecule has 0 fully saturated rings. The summed E-state index contributed by atoms with van der Waals surface area (Å²) < 4.78 is 32.2. The van der Waals surface area contributed by atoms with Gasteiger partial charge in [-0.25, -0.2) is 14.4 Å². The number of phenolic OH excluding ortho intramolecular Hbond substituents is 1. The highest BCUT2D eigenvalue weighted by atomic mass is 16.5. The molecule has 0 amide bonds. The Bertz CT molecular complexity index is 1330. The number of aromatic hydroxyl groups is 1. The van der Waals surface area contributed by atoms with E-state index in [1.54, 1.807) is 32.2 Å². The number of unbranched alkanes of at least 4 members (excludes halogenated alkanes) is 11. The van der Waals surface area contributed by atoms with E-state index in [0.29, 0.717) is 49.2 Å². The lowest BCUT2D eigenvalue weighted by atomic mass is 10.1. The minimum absolute atomic E-state index is 0.104. The van der Waals surface area contributed by atoms with Gasteiger partial charge in [-0.15, -0.1) is 0 Å². The van der Waals surface area contributed by atoms with Crippen molar-refractivity contribution < 1.29 is 47.9 Å². The Kier molecular flexibility index (Phi) is 20.5. The molecule has 1 N–H and O–H groups in total. The molecular weight excluding hydrogens is 628 g/mol. The predicted octanol–water partition coefficient (Wildman–Crippen LogP) is 8.39. The molecule has 0 aliphatic rings. The zero-order valence-electron chi connectivity index (χ0n) is 29.5. The Hall–Kier alpha value is -4.47. The topological polar surface area (TPSA) is 127 Å². The second-order valence-electron chi connectivity index (χ2n) is 11.8. The van der Waals surface area contributed by atoms with E-state index in [1.165, 1.54) is 25.3 Å². The summed E-state index contributed by atoms with van der Waals surface area (Å²) in [5.74, 6) is 0.308. The van der Waals surface area contributed by atoms with Gasteiger partial charge in [0.2, 0.25) is 0 Å². The third kappa shape index (κ3) is 17.5. The lowest BCUT2D eigenvalue weighted by molar-refractivity contribution is -0.139. The van der Waals surface area contributed by atoms with Crippen molar-refractivity contribution in [3.05, 3.63) is 65.8 Å². The predicted molar refractivity (Wildman–Crippen MR) is 189 cm³/mol. The van der Waals surface area contributed by atoms with E-state index >= 15 is 0 Å². The van der Waals surface area contributed by atoms with E-state index in [-0.39, 0.29) is 17.3 Å². The van der Waals surface area contributed by atoms with Crippen LogP contribution in [0.1, 0.15) is 106 Å². The van der Waals surface area contributed by atoms with Crippen molar-refractivity contribution in [3.63, 3.8) is 0 Å². The minimum Gasteiger partial charge on any atom is -0.507 e. The Balaban J connectivity index is 1.53. The first kappa shape index (κ1) is 40.7. The van der Waals surface area contributed by atoms with Gasteiger partial charge in [0.15, 0.2) is 11.5 Å². The Morgan fingerprint density at radius 1 is 0.694 bits per heavy atom. The van der Waals surface area contributed by atoms with E-state index in [4.69, 9.17) is 23.7 Å². The normalized spacial score (nSPS) is 10.8. The second-order valence-corrected chi connectivity index (χ2v) is 11.8. The Labute approximate surface area is 291 Å². The first-order valence-corrected chi connectivity index (χ1v) is 17.3. The van der Waals surface area contributed by atoms with E-state index in [1.807, 2.05) is 12.1 Å². The monoisotopic (exact) mass is 682 g/mol. The van der Waals surface area contributed by atoms with Gasteiger partial charge in [0.05, 0.1) is 40.6 Å². The molecule has 0 spiro atoms. The fourth-order valence-electron chi connectivity index (χ4n) is 4.81. The summed E-state index contributed by atoms with van der Waals surface area (Å²) in [5, 5.41) is 10.2. The molecule has 0 heterocycles. The molecule has 0 saturated carbocycles. The van der Waals surface area contributed by atoms with Gasteiger partial charge in [-0.3, -0.25) is 0 Å². The molecule has 0 unspecified atom stereocenters. The molecule has 0 bridgehead atoms.